The summed E-state index contributed by atoms with van der Waals surface area (Å²) in [4.78, 5) is 15.8. The van der Waals surface area contributed by atoms with Crippen LogP contribution in [0.1, 0.15) is 5.56 Å². The highest BCUT2D eigenvalue weighted by Crippen LogP contribution is 2.19. The second-order valence-electron chi connectivity index (χ2n) is 5.15. The van der Waals surface area contributed by atoms with E-state index < -0.39 is 13.0 Å². The molecule has 24 heavy (non-hydrogen) atoms. The molecular formula is C16H15F2N3O2S. The molecule has 126 valence electrons. The van der Waals surface area contributed by atoms with Gasteiger partial charge >= 0.3 is 4.87 Å². The van der Waals surface area contributed by atoms with Crippen molar-refractivity contribution in [1.82, 2.24) is 9.55 Å². The van der Waals surface area contributed by atoms with E-state index in [1.54, 1.807) is 23.7 Å². The second kappa shape index (κ2) is 6.96. The SMILES string of the molecule is Cn1c(=O)sc2cc(CNc3cccc(OCC(F)F)n3)ccc21. The van der Waals surface area contributed by atoms with Crippen LogP contribution in [-0.2, 0) is 13.6 Å². The minimum absolute atomic E-state index is 0.000607. The van der Waals surface area contributed by atoms with E-state index in [1.165, 1.54) is 17.4 Å². The molecule has 0 amide bonds. The monoisotopic (exact) mass is 351 g/mol. The van der Waals surface area contributed by atoms with Gasteiger partial charge in [-0.1, -0.05) is 23.5 Å². The van der Waals surface area contributed by atoms with Crippen molar-refractivity contribution >= 4 is 27.4 Å². The van der Waals surface area contributed by atoms with Crippen LogP contribution in [0.5, 0.6) is 5.88 Å². The smallest absolute Gasteiger partial charge is 0.307 e. The molecule has 0 radical (unpaired) electrons. The van der Waals surface area contributed by atoms with Crippen molar-refractivity contribution < 1.29 is 13.5 Å². The van der Waals surface area contributed by atoms with Gasteiger partial charge in [0, 0.05) is 19.7 Å². The molecule has 0 unspecified atom stereocenters. The summed E-state index contributed by atoms with van der Waals surface area (Å²) in [5.41, 5.74) is 1.89. The molecule has 2 aromatic heterocycles. The van der Waals surface area contributed by atoms with Crippen LogP contribution in [0.2, 0.25) is 0 Å². The fourth-order valence-electron chi connectivity index (χ4n) is 2.22. The molecule has 0 saturated carbocycles. The van der Waals surface area contributed by atoms with Crippen molar-refractivity contribution in [3.8, 4) is 5.88 Å². The van der Waals surface area contributed by atoms with Crippen LogP contribution in [0.4, 0.5) is 14.6 Å². The number of fused-ring (bicyclic) bond motifs is 1. The third-order valence-corrected chi connectivity index (χ3v) is 4.41. The molecule has 8 heteroatoms. The highest BCUT2D eigenvalue weighted by Gasteiger charge is 2.07. The molecule has 0 aliphatic carbocycles. The molecule has 2 heterocycles. The van der Waals surface area contributed by atoms with E-state index in [4.69, 9.17) is 4.74 Å². The summed E-state index contributed by atoms with van der Waals surface area (Å²) in [5.74, 6) is 0.681. The quantitative estimate of drug-likeness (QED) is 0.741. The molecule has 3 rings (SSSR count). The van der Waals surface area contributed by atoms with Gasteiger partial charge in [0.15, 0.2) is 6.61 Å². The Bertz CT molecular complexity index is 908. The Morgan fingerprint density at radius 3 is 2.96 bits per heavy atom. The number of aryl methyl sites for hydroxylation is 1. The minimum atomic E-state index is -2.53. The number of benzene rings is 1. The number of hydrogen-bond acceptors (Lipinski definition) is 5. The molecule has 0 atom stereocenters. The third-order valence-electron chi connectivity index (χ3n) is 3.41. The lowest BCUT2D eigenvalue weighted by atomic mass is 10.2. The van der Waals surface area contributed by atoms with E-state index in [0.29, 0.717) is 12.4 Å². The number of hydrogen-bond donors (Lipinski definition) is 1. The van der Waals surface area contributed by atoms with E-state index in [1.807, 2.05) is 18.2 Å². The molecule has 0 spiro atoms. The van der Waals surface area contributed by atoms with Gasteiger partial charge in [-0.05, 0) is 23.8 Å². The van der Waals surface area contributed by atoms with E-state index in [-0.39, 0.29) is 10.8 Å². The number of thiazole rings is 1. The number of pyridine rings is 1. The number of nitrogens with one attached hydrogen (secondary N) is 1. The van der Waals surface area contributed by atoms with Crippen LogP contribution < -0.4 is 14.9 Å². The lowest BCUT2D eigenvalue weighted by molar-refractivity contribution is 0.0796. The minimum Gasteiger partial charge on any atom is -0.472 e. The van der Waals surface area contributed by atoms with Crippen molar-refractivity contribution in [2.75, 3.05) is 11.9 Å². The normalized spacial score (nSPS) is 11.2. The van der Waals surface area contributed by atoms with Crippen molar-refractivity contribution in [3.05, 3.63) is 51.6 Å². The molecule has 0 fully saturated rings. The maximum Gasteiger partial charge on any atom is 0.307 e. The summed E-state index contributed by atoms with van der Waals surface area (Å²) in [6.07, 6.45) is -2.53. The largest absolute Gasteiger partial charge is 0.472 e. The van der Waals surface area contributed by atoms with Gasteiger partial charge in [-0.2, -0.15) is 4.98 Å². The van der Waals surface area contributed by atoms with Crippen molar-refractivity contribution in [3.63, 3.8) is 0 Å². The lowest BCUT2D eigenvalue weighted by Crippen LogP contribution is -2.09. The zero-order chi connectivity index (χ0) is 17.1. The highest BCUT2D eigenvalue weighted by molar-refractivity contribution is 7.16. The van der Waals surface area contributed by atoms with Gasteiger partial charge in [0.25, 0.3) is 6.43 Å². The highest BCUT2D eigenvalue weighted by atomic mass is 32.1. The topological polar surface area (TPSA) is 56.2 Å². The molecule has 0 aliphatic rings. The van der Waals surface area contributed by atoms with E-state index >= 15 is 0 Å². The second-order valence-corrected chi connectivity index (χ2v) is 6.14. The average molecular weight is 351 g/mol. The number of anilines is 1. The molecular weight excluding hydrogens is 336 g/mol. The summed E-state index contributed by atoms with van der Waals surface area (Å²) in [5, 5.41) is 3.12. The van der Waals surface area contributed by atoms with Gasteiger partial charge in [0.05, 0.1) is 10.2 Å². The summed E-state index contributed by atoms with van der Waals surface area (Å²) in [6.45, 7) is -0.183. The van der Waals surface area contributed by atoms with E-state index in [2.05, 4.69) is 10.3 Å². The molecule has 0 aliphatic heterocycles. The van der Waals surface area contributed by atoms with E-state index in [9.17, 15) is 13.6 Å². The number of ether oxygens (including phenoxy) is 1. The summed E-state index contributed by atoms with van der Waals surface area (Å²) >= 11 is 1.20. The van der Waals surface area contributed by atoms with Gasteiger partial charge < -0.3 is 14.6 Å². The summed E-state index contributed by atoms with van der Waals surface area (Å²) in [7, 11) is 1.74. The lowest BCUT2D eigenvalue weighted by Gasteiger charge is -2.09. The van der Waals surface area contributed by atoms with Gasteiger partial charge in [0.1, 0.15) is 5.82 Å². The third kappa shape index (κ3) is 3.70. The number of halogens is 2. The number of nitrogens with zero attached hydrogens (tertiary/aromatic N) is 2. The van der Waals surface area contributed by atoms with Crippen LogP contribution in [0.25, 0.3) is 10.2 Å². The van der Waals surface area contributed by atoms with Gasteiger partial charge in [-0.25, -0.2) is 8.78 Å². The van der Waals surface area contributed by atoms with Crippen molar-refractivity contribution in [2.24, 2.45) is 7.05 Å². The van der Waals surface area contributed by atoms with Crippen LogP contribution >= 0.6 is 11.3 Å². The molecule has 0 bridgehead atoms. The molecule has 3 aromatic rings. The number of alkyl halides is 2. The van der Waals surface area contributed by atoms with Crippen LogP contribution in [0.15, 0.2) is 41.2 Å². The Labute approximate surface area is 140 Å². The summed E-state index contributed by atoms with van der Waals surface area (Å²) < 4.78 is 31.7. The first-order valence-corrected chi connectivity index (χ1v) is 8.05. The zero-order valence-corrected chi connectivity index (χ0v) is 13.6. The van der Waals surface area contributed by atoms with Gasteiger partial charge in [0.2, 0.25) is 5.88 Å². The molecule has 1 N–H and O–H groups in total. The fraction of sp³-hybridized carbons (Fsp3) is 0.250. The maximum atomic E-state index is 12.2. The Balaban J connectivity index is 1.69. The van der Waals surface area contributed by atoms with Crippen LogP contribution in [0.3, 0.4) is 0 Å². The van der Waals surface area contributed by atoms with Gasteiger partial charge in [-0.15, -0.1) is 0 Å². The fourth-order valence-corrected chi connectivity index (χ4v) is 3.17. The van der Waals surface area contributed by atoms with Crippen LogP contribution in [0, 0.1) is 0 Å². The predicted molar refractivity (Wildman–Crippen MR) is 90.1 cm³/mol. The van der Waals surface area contributed by atoms with Crippen LogP contribution in [-0.4, -0.2) is 22.6 Å². The molecule has 0 saturated heterocycles. The maximum absolute atomic E-state index is 12.2. The number of aromatic nitrogens is 2. The molecule has 1 aromatic carbocycles. The predicted octanol–water partition coefficient (Wildman–Crippen LogP) is 3.25. The Kier molecular flexibility index (Phi) is 4.75. The Morgan fingerprint density at radius 1 is 1.33 bits per heavy atom. The Hall–Kier alpha value is -2.48. The van der Waals surface area contributed by atoms with E-state index in [0.717, 1.165) is 15.8 Å². The summed E-state index contributed by atoms with van der Waals surface area (Å²) in [6, 6.07) is 10.7. The standard InChI is InChI=1S/C16H15F2N3O2S/c1-21-11-6-5-10(7-12(11)24-16(21)22)8-19-14-3-2-4-15(20-14)23-9-13(17)18/h2-7,13H,8-9H2,1H3,(H,19,20). The zero-order valence-electron chi connectivity index (χ0n) is 12.8. The first-order chi connectivity index (χ1) is 11.5. The first kappa shape index (κ1) is 16.4. The van der Waals surface area contributed by atoms with Gasteiger partial charge in [-0.3, -0.25) is 4.79 Å². The van der Waals surface area contributed by atoms with Crippen molar-refractivity contribution in [1.29, 1.82) is 0 Å². The Morgan fingerprint density at radius 2 is 2.17 bits per heavy atom. The van der Waals surface area contributed by atoms with Crippen molar-refractivity contribution in [2.45, 2.75) is 13.0 Å². The molecule has 5 nitrogen and oxygen atoms in total. The number of rotatable bonds is 6. The average Bonchev–Trinajstić information content (AvgIpc) is 2.85. The first-order valence-electron chi connectivity index (χ1n) is 7.23.